The number of hydrogen-bond acceptors (Lipinski definition) is 4. The van der Waals surface area contributed by atoms with Gasteiger partial charge in [0.1, 0.15) is 11.5 Å². The number of benzene rings is 2. The van der Waals surface area contributed by atoms with Gasteiger partial charge in [-0.1, -0.05) is 44.0 Å². The van der Waals surface area contributed by atoms with E-state index >= 15 is 0 Å². The first-order chi connectivity index (χ1) is 15.0. The number of methoxy groups -OCH3 is 1. The van der Waals surface area contributed by atoms with E-state index in [0.717, 1.165) is 43.2 Å². The van der Waals surface area contributed by atoms with Gasteiger partial charge in [-0.2, -0.15) is 0 Å². The monoisotopic (exact) mass is 419 g/mol. The molecule has 162 valence electrons. The summed E-state index contributed by atoms with van der Waals surface area (Å²) in [5.41, 5.74) is 3.54. The van der Waals surface area contributed by atoms with Gasteiger partial charge in [-0.25, -0.2) is 0 Å². The van der Waals surface area contributed by atoms with Gasteiger partial charge in [0.15, 0.2) is 0 Å². The minimum absolute atomic E-state index is 0.0227. The Morgan fingerprint density at radius 1 is 1.10 bits per heavy atom. The van der Waals surface area contributed by atoms with Crippen LogP contribution >= 0.6 is 0 Å². The number of Topliss-reactive ketones (excluding diaryl/α,β-unsaturated/α-hetero) is 1. The molecule has 2 aliphatic rings. The van der Waals surface area contributed by atoms with Gasteiger partial charge in [0.25, 0.3) is 11.7 Å². The van der Waals surface area contributed by atoms with E-state index in [1.807, 2.05) is 37.3 Å². The Bertz CT molecular complexity index is 1030. The number of aliphatic hydroxyl groups is 1. The summed E-state index contributed by atoms with van der Waals surface area (Å²) < 4.78 is 5.26. The Labute approximate surface area is 183 Å². The van der Waals surface area contributed by atoms with Crippen LogP contribution in [0.2, 0.25) is 0 Å². The average molecular weight is 420 g/mol. The van der Waals surface area contributed by atoms with Gasteiger partial charge in [0, 0.05) is 11.6 Å². The van der Waals surface area contributed by atoms with Crippen molar-refractivity contribution in [2.45, 2.75) is 58.0 Å². The first kappa shape index (κ1) is 21.2. The van der Waals surface area contributed by atoms with Gasteiger partial charge >= 0.3 is 0 Å². The maximum atomic E-state index is 13.2. The fourth-order valence-corrected chi connectivity index (χ4v) is 4.85. The smallest absolute Gasteiger partial charge is 0.295 e. The van der Waals surface area contributed by atoms with Crippen molar-refractivity contribution in [3.05, 3.63) is 70.3 Å². The van der Waals surface area contributed by atoms with Crippen LogP contribution in [0.3, 0.4) is 0 Å². The Kier molecular flexibility index (Phi) is 5.86. The molecule has 1 saturated heterocycles. The highest BCUT2D eigenvalue weighted by molar-refractivity contribution is 6.46. The third-order valence-corrected chi connectivity index (χ3v) is 6.59. The van der Waals surface area contributed by atoms with E-state index in [2.05, 4.69) is 6.92 Å². The van der Waals surface area contributed by atoms with E-state index in [-0.39, 0.29) is 17.4 Å². The van der Waals surface area contributed by atoms with Crippen LogP contribution in [0.4, 0.5) is 0 Å². The van der Waals surface area contributed by atoms with E-state index < -0.39 is 17.7 Å². The molecule has 0 aromatic heterocycles. The van der Waals surface area contributed by atoms with Crippen molar-refractivity contribution in [2.24, 2.45) is 0 Å². The number of carbonyl (C=O) groups excluding carboxylic acids is 2. The molecule has 1 amide bonds. The van der Waals surface area contributed by atoms with E-state index in [9.17, 15) is 14.7 Å². The minimum atomic E-state index is -0.607. The summed E-state index contributed by atoms with van der Waals surface area (Å²) in [6, 6.07) is 12.8. The van der Waals surface area contributed by atoms with Crippen molar-refractivity contribution in [3.8, 4) is 5.75 Å². The second-order valence-corrected chi connectivity index (χ2v) is 8.42. The Hall–Kier alpha value is -3.08. The molecule has 2 fully saturated rings. The number of ether oxygens (including phenoxy) is 1. The number of nitrogens with zero attached hydrogens (tertiary/aromatic N) is 1. The Morgan fingerprint density at radius 2 is 1.77 bits per heavy atom. The fraction of sp³-hybridized carbons (Fsp3) is 0.385. The molecule has 0 bridgehead atoms. The van der Waals surface area contributed by atoms with Crippen LogP contribution in [0.5, 0.6) is 5.75 Å². The quantitative estimate of drug-likeness (QED) is 0.424. The van der Waals surface area contributed by atoms with Gasteiger partial charge in [0.05, 0.1) is 18.7 Å². The molecule has 1 N–H and O–H groups in total. The zero-order valence-corrected chi connectivity index (χ0v) is 18.4. The summed E-state index contributed by atoms with van der Waals surface area (Å²) in [5, 5.41) is 11.3. The molecule has 1 unspecified atom stereocenters. The molecule has 1 saturated carbocycles. The van der Waals surface area contributed by atoms with Crippen LogP contribution in [-0.4, -0.2) is 34.8 Å². The highest BCUT2D eigenvalue weighted by Gasteiger charge is 2.49. The summed E-state index contributed by atoms with van der Waals surface area (Å²) in [6.45, 7) is 3.95. The van der Waals surface area contributed by atoms with Crippen molar-refractivity contribution in [2.75, 3.05) is 7.11 Å². The van der Waals surface area contributed by atoms with Gasteiger partial charge in [0.2, 0.25) is 0 Å². The van der Waals surface area contributed by atoms with Crippen LogP contribution in [0.1, 0.15) is 60.9 Å². The highest BCUT2D eigenvalue weighted by Crippen LogP contribution is 2.43. The van der Waals surface area contributed by atoms with E-state index in [1.54, 1.807) is 24.1 Å². The summed E-state index contributed by atoms with van der Waals surface area (Å²) in [4.78, 5) is 28.1. The van der Waals surface area contributed by atoms with E-state index in [0.29, 0.717) is 11.3 Å². The van der Waals surface area contributed by atoms with Gasteiger partial charge in [-0.3, -0.25) is 9.59 Å². The van der Waals surface area contributed by atoms with Crippen molar-refractivity contribution in [1.29, 1.82) is 0 Å². The molecule has 1 aliphatic carbocycles. The minimum Gasteiger partial charge on any atom is -0.507 e. The largest absolute Gasteiger partial charge is 0.507 e. The summed E-state index contributed by atoms with van der Waals surface area (Å²) in [7, 11) is 1.58. The molecular formula is C26H29NO4. The SMILES string of the molecule is CCc1ccc(C2/C(=C(/O)c3ccc(OC)cc3C)C(=O)C(=O)N2C2CCCC2)cc1. The van der Waals surface area contributed by atoms with Crippen molar-refractivity contribution < 1.29 is 19.4 Å². The summed E-state index contributed by atoms with van der Waals surface area (Å²) >= 11 is 0. The number of amides is 1. The second kappa shape index (κ2) is 8.58. The van der Waals surface area contributed by atoms with Crippen LogP contribution in [0.25, 0.3) is 5.76 Å². The maximum absolute atomic E-state index is 13.2. The zero-order chi connectivity index (χ0) is 22.1. The number of aryl methyl sites for hydroxylation is 2. The molecule has 5 heteroatoms. The molecule has 0 radical (unpaired) electrons. The van der Waals surface area contributed by atoms with Crippen LogP contribution in [-0.2, 0) is 16.0 Å². The lowest BCUT2D eigenvalue weighted by atomic mass is 9.92. The van der Waals surface area contributed by atoms with Crippen molar-refractivity contribution >= 4 is 17.4 Å². The molecule has 2 aromatic carbocycles. The first-order valence-electron chi connectivity index (χ1n) is 11.0. The maximum Gasteiger partial charge on any atom is 0.295 e. The third kappa shape index (κ3) is 3.73. The number of carbonyl (C=O) groups is 2. The lowest BCUT2D eigenvalue weighted by Crippen LogP contribution is -2.37. The van der Waals surface area contributed by atoms with Gasteiger partial charge in [-0.15, -0.1) is 0 Å². The Morgan fingerprint density at radius 3 is 2.35 bits per heavy atom. The lowest BCUT2D eigenvalue weighted by Gasteiger charge is -2.31. The molecule has 1 heterocycles. The molecule has 1 aliphatic heterocycles. The van der Waals surface area contributed by atoms with E-state index in [4.69, 9.17) is 4.74 Å². The van der Waals surface area contributed by atoms with Crippen LogP contribution in [0, 0.1) is 6.92 Å². The molecule has 5 nitrogen and oxygen atoms in total. The van der Waals surface area contributed by atoms with Crippen molar-refractivity contribution in [1.82, 2.24) is 4.90 Å². The van der Waals surface area contributed by atoms with Crippen LogP contribution < -0.4 is 4.74 Å². The molecule has 4 rings (SSSR count). The van der Waals surface area contributed by atoms with Gasteiger partial charge < -0.3 is 14.7 Å². The zero-order valence-electron chi connectivity index (χ0n) is 18.4. The van der Waals surface area contributed by atoms with E-state index in [1.165, 1.54) is 5.56 Å². The normalized spacial score (nSPS) is 21.1. The molecule has 0 spiro atoms. The fourth-order valence-electron chi connectivity index (χ4n) is 4.85. The van der Waals surface area contributed by atoms with Crippen LogP contribution in [0.15, 0.2) is 48.0 Å². The molecule has 2 aromatic rings. The number of likely N-dealkylation sites (tertiary alicyclic amines) is 1. The van der Waals surface area contributed by atoms with Crippen molar-refractivity contribution in [3.63, 3.8) is 0 Å². The highest BCUT2D eigenvalue weighted by atomic mass is 16.5. The number of hydrogen-bond donors (Lipinski definition) is 1. The molecular weight excluding hydrogens is 390 g/mol. The first-order valence-corrected chi connectivity index (χ1v) is 11.0. The predicted octanol–water partition coefficient (Wildman–Crippen LogP) is 4.93. The summed E-state index contributed by atoms with van der Waals surface area (Å²) in [5.74, 6) is -0.566. The van der Waals surface area contributed by atoms with Gasteiger partial charge in [-0.05, 0) is 61.1 Å². The number of aliphatic hydroxyl groups excluding tert-OH is 1. The average Bonchev–Trinajstić information content (AvgIpc) is 3.40. The predicted molar refractivity (Wildman–Crippen MR) is 120 cm³/mol. The second-order valence-electron chi connectivity index (χ2n) is 8.42. The molecule has 31 heavy (non-hydrogen) atoms. The number of rotatable bonds is 5. The Balaban J connectivity index is 1.87. The topological polar surface area (TPSA) is 66.8 Å². The third-order valence-electron chi connectivity index (χ3n) is 6.59. The lowest BCUT2D eigenvalue weighted by molar-refractivity contribution is -0.141. The standard InChI is InChI=1S/C26H29NO4/c1-4-17-9-11-18(12-10-17)23-22(24(28)21-14-13-20(31-3)15-16(21)2)25(29)26(30)27(23)19-7-5-6-8-19/h9-15,19,23,28H,4-8H2,1-3H3/b24-22-. The summed E-state index contributed by atoms with van der Waals surface area (Å²) in [6.07, 6.45) is 4.78. The number of ketones is 1. The molecule has 1 atom stereocenters.